The molecule has 1 aliphatic rings. The highest BCUT2D eigenvalue weighted by Crippen LogP contribution is 2.25. The van der Waals surface area contributed by atoms with Crippen molar-refractivity contribution >= 4 is 35.8 Å². The van der Waals surface area contributed by atoms with Crippen LogP contribution >= 0.6 is 24.0 Å². The molecular formula is C24H33IN4O2. The molecule has 0 radical (unpaired) electrons. The quantitative estimate of drug-likeness (QED) is 0.313. The van der Waals surface area contributed by atoms with Crippen LogP contribution in [0.5, 0.6) is 11.5 Å². The standard InChI is InChI=1S/C24H32N4O2.HI/c1-4-25-24(27-20-14-15-28(17-20)23(29)18(2)3)26-16-19-10-8-9-13-22(19)30-21-11-6-5-7-12-21;/h5-13,18,20H,4,14-17H2,1-3H3,(H2,25,26,27);1H. The molecule has 2 aromatic carbocycles. The van der Waals surface area contributed by atoms with Crippen molar-refractivity contribution in [3.05, 3.63) is 60.2 Å². The lowest BCUT2D eigenvalue weighted by atomic mass is 10.2. The van der Waals surface area contributed by atoms with Gasteiger partial charge in [0.2, 0.25) is 5.91 Å². The number of rotatable bonds is 7. The Kier molecular flexibility index (Phi) is 10.1. The number of carbonyl (C=O) groups is 1. The van der Waals surface area contributed by atoms with Gasteiger partial charge in [0, 0.05) is 37.2 Å². The van der Waals surface area contributed by atoms with E-state index in [1.54, 1.807) is 0 Å². The summed E-state index contributed by atoms with van der Waals surface area (Å²) in [7, 11) is 0. The van der Waals surface area contributed by atoms with Crippen LogP contribution in [0.15, 0.2) is 59.6 Å². The molecule has 1 atom stereocenters. The topological polar surface area (TPSA) is 66.0 Å². The Balaban J connectivity index is 0.00000341. The molecule has 0 spiro atoms. The van der Waals surface area contributed by atoms with Gasteiger partial charge in [-0.05, 0) is 31.5 Å². The number of benzene rings is 2. The largest absolute Gasteiger partial charge is 0.457 e. The van der Waals surface area contributed by atoms with Gasteiger partial charge >= 0.3 is 0 Å². The number of guanidine groups is 1. The van der Waals surface area contributed by atoms with E-state index in [4.69, 9.17) is 9.73 Å². The minimum atomic E-state index is 0. The van der Waals surface area contributed by atoms with Crippen molar-refractivity contribution in [1.29, 1.82) is 0 Å². The molecule has 1 amide bonds. The summed E-state index contributed by atoms with van der Waals surface area (Å²) in [5.74, 6) is 2.62. The van der Waals surface area contributed by atoms with Crippen LogP contribution in [0.4, 0.5) is 0 Å². The van der Waals surface area contributed by atoms with E-state index >= 15 is 0 Å². The van der Waals surface area contributed by atoms with Crippen molar-refractivity contribution in [2.24, 2.45) is 10.9 Å². The summed E-state index contributed by atoms with van der Waals surface area (Å²) in [5, 5.41) is 6.79. The van der Waals surface area contributed by atoms with Crippen molar-refractivity contribution < 1.29 is 9.53 Å². The molecule has 2 N–H and O–H groups in total. The predicted octanol–water partition coefficient (Wildman–Crippen LogP) is 4.41. The maximum Gasteiger partial charge on any atom is 0.225 e. The van der Waals surface area contributed by atoms with Crippen LogP contribution in [-0.2, 0) is 11.3 Å². The maximum absolute atomic E-state index is 12.2. The lowest BCUT2D eigenvalue weighted by Crippen LogP contribution is -2.45. The number of carbonyl (C=O) groups excluding carboxylic acids is 1. The van der Waals surface area contributed by atoms with Crippen LogP contribution in [0, 0.1) is 5.92 Å². The van der Waals surface area contributed by atoms with Gasteiger partial charge in [0.15, 0.2) is 5.96 Å². The zero-order valence-electron chi connectivity index (χ0n) is 18.5. The van der Waals surface area contributed by atoms with E-state index in [9.17, 15) is 4.79 Å². The molecule has 0 aliphatic carbocycles. The first kappa shape index (κ1) is 25.0. The Hall–Kier alpha value is -2.29. The summed E-state index contributed by atoms with van der Waals surface area (Å²) in [6, 6.07) is 17.9. The Morgan fingerprint density at radius 2 is 1.87 bits per heavy atom. The lowest BCUT2D eigenvalue weighted by Gasteiger charge is -2.20. The molecule has 0 saturated carbocycles. The number of ether oxygens (including phenoxy) is 1. The number of likely N-dealkylation sites (tertiary alicyclic amines) is 1. The first-order valence-corrected chi connectivity index (χ1v) is 10.7. The third-order valence-electron chi connectivity index (χ3n) is 5.03. The number of aliphatic imine (C=N–C) groups is 1. The third kappa shape index (κ3) is 7.41. The molecular weight excluding hydrogens is 503 g/mol. The van der Waals surface area contributed by atoms with E-state index in [-0.39, 0.29) is 41.8 Å². The maximum atomic E-state index is 12.2. The smallest absolute Gasteiger partial charge is 0.225 e. The second-order valence-electron chi connectivity index (χ2n) is 7.79. The van der Waals surface area contributed by atoms with Gasteiger partial charge in [0.05, 0.1) is 6.54 Å². The van der Waals surface area contributed by atoms with E-state index in [1.165, 1.54) is 0 Å². The molecule has 0 aromatic heterocycles. The van der Waals surface area contributed by atoms with Crippen LogP contribution < -0.4 is 15.4 Å². The molecule has 6 nitrogen and oxygen atoms in total. The van der Waals surface area contributed by atoms with Gasteiger partial charge in [-0.15, -0.1) is 24.0 Å². The predicted molar refractivity (Wildman–Crippen MR) is 136 cm³/mol. The van der Waals surface area contributed by atoms with Gasteiger partial charge in [-0.25, -0.2) is 4.99 Å². The van der Waals surface area contributed by atoms with E-state index in [2.05, 4.69) is 10.6 Å². The van der Waals surface area contributed by atoms with Crippen molar-refractivity contribution in [1.82, 2.24) is 15.5 Å². The summed E-state index contributed by atoms with van der Waals surface area (Å²) >= 11 is 0. The summed E-state index contributed by atoms with van der Waals surface area (Å²) in [6.07, 6.45) is 0.927. The first-order valence-electron chi connectivity index (χ1n) is 10.7. The van der Waals surface area contributed by atoms with Crippen molar-refractivity contribution in [3.8, 4) is 11.5 Å². The number of para-hydroxylation sites is 2. The second kappa shape index (κ2) is 12.5. The monoisotopic (exact) mass is 536 g/mol. The molecule has 1 aliphatic heterocycles. The molecule has 1 heterocycles. The summed E-state index contributed by atoms with van der Waals surface area (Å²) in [6.45, 7) is 8.73. The summed E-state index contributed by atoms with van der Waals surface area (Å²) < 4.78 is 6.04. The van der Waals surface area contributed by atoms with Crippen molar-refractivity contribution in [3.63, 3.8) is 0 Å². The fraction of sp³-hybridized carbons (Fsp3) is 0.417. The van der Waals surface area contributed by atoms with Crippen LogP contribution in [0.3, 0.4) is 0 Å². The zero-order valence-corrected chi connectivity index (χ0v) is 20.8. The van der Waals surface area contributed by atoms with Gasteiger partial charge in [-0.1, -0.05) is 50.2 Å². The normalized spacial score (nSPS) is 16.1. The number of nitrogens with zero attached hydrogens (tertiary/aromatic N) is 2. The minimum Gasteiger partial charge on any atom is -0.457 e. The minimum absolute atomic E-state index is 0. The average Bonchev–Trinajstić information content (AvgIpc) is 3.21. The highest BCUT2D eigenvalue weighted by molar-refractivity contribution is 14.0. The average molecular weight is 536 g/mol. The molecule has 168 valence electrons. The molecule has 1 unspecified atom stereocenters. The van der Waals surface area contributed by atoms with Gasteiger partial charge in [0.1, 0.15) is 11.5 Å². The highest BCUT2D eigenvalue weighted by atomic mass is 127. The third-order valence-corrected chi connectivity index (χ3v) is 5.03. The number of hydrogen-bond donors (Lipinski definition) is 2. The molecule has 1 saturated heterocycles. The zero-order chi connectivity index (χ0) is 21.3. The van der Waals surface area contributed by atoms with Gasteiger partial charge in [0.25, 0.3) is 0 Å². The van der Waals surface area contributed by atoms with E-state index in [0.29, 0.717) is 6.54 Å². The van der Waals surface area contributed by atoms with E-state index in [0.717, 1.165) is 49.1 Å². The van der Waals surface area contributed by atoms with E-state index < -0.39 is 0 Å². The SMILES string of the molecule is CCNC(=NCc1ccccc1Oc1ccccc1)NC1CCN(C(=O)C(C)C)C1.I. The number of amides is 1. The number of hydrogen-bond acceptors (Lipinski definition) is 3. The van der Waals surface area contributed by atoms with Gasteiger partial charge < -0.3 is 20.3 Å². The second-order valence-corrected chi connectivity index (χ2v) is 7.79. The van der Waals surface area contributed by atoms with Crippen molar-refractivity contribution in [2.45, 2.75) is 39.8 Å². The van der Waals surface area contributed by atoms with E-state index in [1.807, 2.05) is 80.3 Å². The molecule has 3 rings (SSSR count). The van der Waals surface area contributed by atoms with Crippen LogP contribution in [0.25, 0.3) is 0 Å². The Bertz CT molecular complexity index is 858. The lowest BCUT2D eigenvalue weighted by molar-refractivity contribution is -0.133. The Morgan fingerprint density at radius 1 is 1.16 bits per heavy atom. The van der Waals surface area contributed by atoms with Gasteiger partial charge in [-0.2, -0.15) is 0 Å². The Morgan fingerprint density at radius 3 is 2.58 bits per heavy atom. The fourth-order valence-corrected chi connectivity index (χ4v) is 3.47. The molecule has 2 aromatic rings. The molecule has 1 fully saturated rings. The summed E-state index contributed by atoms with van der Waals surface area (Å²) in [4.78, 5) is 18.9. The number of nitrogens with one attached hydrogen (secondary N) is 2. The van der Waals surface area contributed by atoms with Gasteiger partial charge in [-0.3, -0.25) is 4.79 Å². The molecule has 7 heteroatoms. The Labute approximate surface area is 202 Å². The fourth-order valence-electron chi connectivity index (χ4n) is 3.47. The molecule has 31 heavy (non-hydrogen) atoms. The molecule has 0 bridgehead atoms. The van der Waals surface area contributed by atoms with Crippen molar-refractivity contribution in [2.75, 3.05) is 19.6 Å². The van der Waals surface area contributed by atoms with Crippen LogP contribution in [-0.4, -0.2) is 42.4 Å². The number of halogens is 1. The van der Waals surface area contributed by atoms with Crippen LogP contribution in [0.1, 0.15) is 32.8 Å². The highest BCUT2D eigenvalue weighted by Gasteiger charge is 2.27. The summed E-state index contributed by atoms with van der Waals surface area (Å²) in [5.41, 5.74) is 1.02. The first-order chi connectivity index (χ1) is 14.6. The van der Waals surface area contributed by atoms with Crippen LogP contribution in [0.2, 0.25) is 0 Å².